The molecule has 0 aliphatic rings. The van der Waals surface area contributed by atoms with Gasteiger partial charge in [-0.1, -0.05) is 249 Å². The number of amides is 1. The van der Waals surface area contributed by atoms with Crippen LogP contribution in [0.15, 0.2) is 36.5 Å². The highest BCUT2D eigenvalue weighted by Crippen LogP contribution is 2.17. The Morgan fingerprint density at radius 2 is 0.721 bits per heavy atom. The Balaban J connectivity index is 3.62. The van der Waals surface area contributed by atoms with Crippen LogP contribution in [-0.4, -0.2) is 57.3 Å². The van der Waals surface area contributed by atoms with Gasteiger partial charge in [0.2, 0.25) is 5.91 Å². The fourth-order valence-corrected chi connectivity index (χ4v) is 8.34. The van der Waals surface area contributed by atoms with Crippen molar-refractivity contribution in [2.24, 2.45) is 0 Å². The lowest BCUT2D eigenvalue weighted by Gasteiger charge is -2.27. The zero-order valence-electron chi connectivity index (χ0n) is 40.7. The van der Waals surface area contributed by atoms with Crippen LogP contribution < -0.4 is 5.32 Å². The van der Waals surface area contributed by atoms with Gasteiger partial charge in [0.1, 0.15) is 12.2 Å². The molecule has 0 aromatic heterocycles. The van der Waals surface area contributed by atoms with Crippen molar-refractivity contribution in [1.29, 1.82) is 0 Å². The standard InChI is InChI=1S/C55H105NO5/c1-3-5-7-9-11-13-15-17-19-20-21-22-23-24-25-26-27-28-29-30-31-32-33-34-35-37-38-40-42-44-46-48-52(58)54(60)51(50-57)56-55(61)53(59)49-47-45-43-41-39-36-18-16-14-12-10-8-6-4-2/h12,14,16,18,40,42,51-54,57-60H,3-11,13,15,17,19-39,41,43-50H2,1-2H3,(H,56,61)/b14-12-,18-16-,42-40+. The lowest BCUT2D eigenvalue weighted by Crippen LogP contribution is -2.53. The summed E-state index contributed by atoms with van der Waals surface area (Å²) >= 11 is 0. The Morgan fingerprint density at radius 1 is 0.410 bits per heavy atom. The van der Waals surface area contributed by atoms with Crippen molar-refractivity contribution in [3.8, 4) is 0 Å². The fraction of sp³-hybridized carbons (Fsp3) is 0.873. The van der Waals surface area contributed by atoms with E-state index in [9.17, 15) is 25.2 Å². The van der Waals surface area contributed by atoms with Crippen molar-refractivity contribution in [2.45, 2.75) is 301 Å². The smallest absolute Gasteiger partial charge is 0.249 e. The van der Waals surface area contributed by atoms with Crippen LogP contribution in [0.1, 0.15) is 277 Å². The molecule has 360 valence electrons. The first-order valence-electron chi connectivity index (χ1n) is 26.9. The zero-order valence-corrected chi connectivity index (χ0v) is 40.7. The lowest BCUT2D eigenvalue weighted by atomic mass is 10.00. The van der Waals surface area contributed by atoms with E-state index >= 15 is 0 Å². The third-order valence-corrected chi connectivity index (χ3v) is 12.6. The molecule has 6 heteroatoms. The number of allylic oxidation sites excluding steroid dienone is 6. The first-order chi connectivity index (χ1) is 30.0. The number of hydrogen-bond donors (Lipinski definition) is 5. The van der Waals surface area contributed by atoms with Crippen LogP contribution in [0.4, 0.5) is 0 Å². The molecule has 0 aromatic carbocycles. The molecule has 0 fully saturated rings. The highest BCUT2D eigenvalue weighted by molar-refractivity contribution is 5.80. The lowest BCUT2D eigenvalue weighted by molar-refractivity contribution is -0.132. The van der Waals surface area contributed by atoms with Gasteiger partial charge in [-0.25, -0.2) is 0 Å². The van der Waals surface area contributed by atoms with Crippen molar-refractivity contribution >= 4 is 5.91 Å². The average molecular weight is 860 g/mol. The Labute approximate surface area is 379 Å². The third kappa shape index (κ3) is 43.6. The predicted octanol–water partition coefficient (Wildman–Crippen LogP) is 15.2. The zero-order chi connectivity index (χ0) is 44.5. The van der Waals surface area contributed by atoms with Crippen LogP contribution in [0, 0.1) is 0 Å². The second-order valence-corrected chi connectivity index (χ2v) is 18.6. The molecule has 0 spiro atoms. The fourth-order valence-electron chi connectivity index (χ4n) is 8.34. The molecule has 1 amide bonds. The summed E-state index contributed by atoms with van der Waals surface area (Å²) in [4.78, 5) is 12.5. The van der Waals surface area contributed by atoms with E-state index in [1.807, 2.05) is 0 Å². The number of nitrogens with one attached hydrogen (secondary N) is 1. The van der Waals surface area contributed by atoms with Gasteiger partial charge >= 0.3 is 0 Å². The Kier molecular flexibility index (Phi) is 48.3. The molecule has 0 saturated heterocycles. The SMILES string of the molecule is CCCCC/C=C\C=C/CCCCCCCC(O)C(=O)NC(CO)C(O)C(O)CCC/C=C/CCCCCCCCCCCCCCCCCCCCCCCCCCCC. The summed E-state index contributed by atoms with van der Waals surface area (Å²) in [5.74, 6) is -0.604. The van der Waals surface area contributed by atoms with Crippen molar-refractivity contribution in [3.63, 3.8) is 0 Å². The van der Waals surface area contributed by atoms with Crippen molar-refractivity contribution in [3.05, 3.63) is 36.5 Å². The van der Waals surface area contributed by atoms with E-state index in [-0.39, 0.29) is 0 Å². The van der Waals surface area contributed by atoms with E-state index in [0.29, 0.717) is 12.8 Å². The van der Waals surface area contributed by atoms with Gasteiger partial charge in [-0.05, 0) is 64.2 Å². The molecular formula is C55H105NO5. The van der Waals surface area contributed by atoms with Gasteiger partial charge in [0, 0.05) is 0 Å². The molecule has 4 atom stereocenters. The van der Waals surface area contributed by atoms with Crippen LogP contribution in [0.2, 0.25) is 0 Å². The first kappa shape index (κ1) is 59.5. The van der Waals surface area contributed by atoms with E-state index in [2.05, 4.69) is 55.6 Å². The summed E-state index contributed by atoms with van der Waals surface area (Å²) in [6.07, 6.45) is 60.8. The summed E-state index contributed by atoms with van der Waals surface area (Å²) in [7, 11) is 0. The number of unbranched alkanes of at least 4 members (excludes halogenated alkanes) is 35. The van der Waals surface area contributed by atoms with Crippen molar-refractivity contribution in [2.75, 3.05) is 6.61 Å². The highest BCUT2D eigenvalue weighted by atomic mass is 16.3. The number of aliphatic hydroxyl groups is 4. The molecule has 4 unspecified atom stereocenters. The second-order valence-electron chi connectivity index (χ2n) is 18.6. The maximum absolute atomic E-state index is 12.5. The van der Waals surface area contributed by atoms with Gasteiger partial charge in [-0.3, -0.25) is 4.79 Å². The molecule has 0 heterocycles. The van der Waals surface area contributed by atoms with Gasteiger partial charge in [-0.15, -0.1) is 0 Å². The van der Waals surface area contributed by atoms with Gasteiger partial charge in [-0.2, -0.15) is 0 Å². The second kappa shape index (κ2) is 49.5. The summed E-state index contributed by atoms with van der Waals surface area (Å²) in [5, 5.41) is 43.8. The summed E-state index contributed by atoms with van der Waals surface area (Å²) in [6.45, 7) is 4.02. The molecule has 6 nitrogen and oxygen atoms in total. The van der Waals surface area contributed by atoms with Crippen LogP contribution in [-0.2, 0) is 4.79 Å². The van der Waals surface area contributed by atoms with E-state index < -0.39 is 36.9 Å². The quantitative estimate of drug-likeness (QED) is 0.0238. The Hall–Kier alpha value is -1.47. The minimum atomic E-state index is -1.29. The highest BCUT2D eigenvalue weighted by Gasteiger charge is 2.28. The minimum Gasteiger partial charge on any atom is -0.394 e. The molecule has 0 aliphatic heterocycles. The van der Waals surface area contributed by atoms with Crippen LogP contribution in [0.3, 0.4) is 0 Å². The largest absolute Gasteiger partial charge is 0.394 e. The van der Waals surface area contributed by atoms with E-state index in [4.69, 9.17) is 0 Å². The molecule has 5 N–H and O–H groups in total. The van der Waals surface area contributed by atoms with Crippen molar-refractivity contribution < 1.29 is 25.2 Å². The number of hydrogen-bond acceptors (Lipinski definition) is 5. The first-order valence-corrected chi connectivity index (χ1v) is 26.9. The summed E-state index contributed by atoms with van der Waals surface area (Å²) in [5.41, 5.74) is 0. The molecule has 0 saturated carbocycles. The Bertz CT molecular complexity index is 966. The van der Waals surface area contributed by atoms with Crippen LogP contribution in [0.5, 0.6) is 0 Å². The van der Waals surface area contributed by atoms with Gasteiger partial charge in [0.15, 0.2) is 0 Å². The van der Waals surface area contributed by atoms with Gasteiger partial charge in [0.05, 0.1) is 18.8 Å². The summed E-state index contributed by atoms with van der Waals surface area (Å²) in [6, 6.07) is -1.01. The number of carbonyl (C=O) groups excluding carboxylic acids is 1. The van der Waals surface area contributed by atoms with Crippen LogP contribution >= 0.6 is 0 Å². The maximum atomic E-state index is 12.5. The topological polar surface area (TPSA) is 110 Å². The normalized spacial score (nSPS) is 14.1. The average Bonchev–Trinajstić information content (AvgIpc) is 3.26. The molecule has 0 radical (unpaired) electrons. The number of rotatable bonds is 49. The Morgan fingerprint density at radius 3 is 1.11 bits per heavy atom. The molecule has 0 bridgehead atoms. The van der Waals surface area contributed by atoms with Crippen LogP contribution in [0.25, 0.3) is 0 Å². The number of aliphatic hydroxyl groups excluding tert-OH is 4. The third-order valence-electron chi connectivity index (χ3n) is 12.6. The van der Waals surface area contributed by atoms with Gasteiger partial charge in [0.25, 0.3) is 0 Å². The van der Waals surface area contributed by atoms with Crippen molar-refractivity contribution in [1.82, 2.24) is 5.32 Å². The van der Waals surface area contributed by atoms with E-state index in [0.717, 1.165) is 64.2 Å². The molecule has 0 aliphatic carbocycles. The maximum Gasteiger partial charge on any atom is 0.249 e. The van der Waals surface area contributed by atoms with Gasteiger partial charge < -0.3 is 25.7 Å². The van der Waals surface area contributed by atoms with E-state index in [1.54, 1.807) is 0 Å². The predicted molar refractivity (Wildman–Crippen MR) is 265 cm³/mol. The summed E-state index contributed by atoms with van der Waals surface area (Å²) < 4.78 is 0. The molecule has 0 aromatic rings. The van der Waals surface area contributed by atoms with E-state index in [1.165, 1.54) is 186 Å². The monoisotopic (exact) mass is 860 g/mol. The molecule has 61 heavy (non-hydrogen) atoms. The number of carbonyl (C=O) groups is 1. The molecular weight excluding hydrogens is 755 g/mol. The minimum absolute atomic E-state index is 0.345. The molecule has 0 rings (SSSR count).